The van der Waals surface area contributed by atoms with Crippen molar-refractivity contribution in [3.05, 3.63) is 63.9 Å². The number of aromatic nitrogens is 3. The van der Waals surface area contributed by atoms with Crippen LogP contribution in [0.3, 0.4) is 0 Å². The van der Waals surface area contributed by atoms with Crippen molar-refractivity contribution in [2.45, 2.75) is 25.5 Å². The van der Waals surface area contributed by atoms with Gasteiger partial charge >= 0.3 is 6.03 Å². The molecule has 0 saturated carbocycles. The van der Waals surface area contributed by atoms with Crippen molar-refractivity contribution in [1.29, 1.82) is 5.26 Å². The predicted molar refractivity (Wildman–Crippen MR) is 126 cm³/mol. The number of carbonyl (C=O) groups excluding carboxylic acids is 1. The number of benzene rings is 1. The number of nitriles is 1. The summed E-state index contributed by atoms with van der Waals surface area (Å²) in [7, 11) is 1.72. The number of urea groups is 1. The highest BCUT2D eigenvalue weighted by atomic mass is 35.5. The molecule has 2 amide bonds. The van der Waals surface area contributed by atoms with E-state index in [2.05, 4.69) is 15.2 Å². The Bertz CT molecular complexity index is 1430. The predicted octanol–water partition coefficient (Wildman–Crippen LogP) is 4.21. The number of rotatable bonds is 4. The maximum Gasteiger partial charge on any atom is 0.341 e. The molecule has 1 atom stereocenters. The number of ether oxygens (including phenoxy) is 1. The summed E-state index contributed by atoms with van der Waals surface area (Å²) >= 11 is 6.09. The fourth-order valence-corrected chi connectivity index (χ4v) is 4.54. The second kappa shape index (κ2) is 9.20. The van der Waals surface area contributed by atoms with Gasteiger partial charge in [-0.1, -0.05) is 11.6 Å². The Hall–Kier alpha value is -4.04. The molecule has 2 aromatic heterocycles. The summed E-state index contributed by atoms with van der Waals surface area (Å²) in [4.78, 5) is 18.7. The molecule has 184 valence electrons. The molecular formula is C24H20ClF2N7O2. The molecule has 9 nitrogen and oxygen atoms in total. The second-order valence-corrected chi connectivity index (χ2v) is 8.95. The molecule has 2 aliphatic rings. The number of hydrazone groups is 1. The number of pyridine rings is 1. The lowest BCUT2D eigenvalue weighted by molar-refractivity contribution is 0.0257. The Morgan fingerprint density at radius 2 is 2.03 bits per heavy atom. The van der Waals surface area contributed by atoms with E-state index in [1.54, 1.807) is 30.9 Å². The monoisotopic (exact) mass is 511 g/mol. The van der Waals surface area contributed by atoms with Crippen molar-refractivity contribution in [3.63, 3.8) is 0 Å². The first-order chi connectivity index (χ1) is 17.2. The van der Waals surface area contributed by atoms with E-state index in [0.29, 0.717) is 34.1 Å². The molecule has 1 fully saturated rings. The molecule has 4 heterocycles. The van der Waals surface area contributed by atoms with E-state index >= 15 is 0 Å². The van der Waals surface area contributed by atoms with Crippen LogP contribution in [-0.4, -0.2) is 56.1 Å². The summed E-state index contributed by atoms with van der Waals surface area (Å²) in [6, 6.07) is 6.48. The van der Waals surface area contributed by atoms with E-state index in [-0.39, 0.29) is 30.4 Å². The van der Waals surface area contributed by atoms with Crippen molar-refractivity contribution < 1.29 is 18.3 Å². The summed E-state index contributed by atoms with van der Waals surface area (Å²) < 4.78 is 35.8. The summed E-state index contributed by atoms with van der Waals surface area (Å²) in [5.74, 6) is -1.17. The molecule has 0 N–H and O–H groups in total. The van der Waals surface area contributed by atoms with Crippen LogP contribution < -0.4 is 4.74 Å². The topological polar surface area (TPSA) is 99.6 Å². The standard InChI is InChI=1S/C24H20ClF2N7O2/c1-13-22(32(2)31-23(13)25)19-8-21(18(27)10-29-19)36-17-11-33(12-17)24(35)34-20(3-4-30-34)15-5-14(9-28)6-16(26)7-15/h4-8,10,17,20H,3,11-12H2,1-2H3. The van der Waals surface area contributed by atoms with Gasteiger partial charge in [-0.15, -0.1) is 0 Å². The normalized spacial score (nSPS) is 17.3. The van der Waals surface area contributed by atoms with Crippen molar-refractivity contribution in [3.8, 4) is 23.2 Å². The van der Waals surface area contributed by atoms with Crippen LogP contribution in [0.5, 0.6) is 5.75 Å². The summed E-state index contributed by atoms with van der Waals surface area (Å²) in [5.41, 5.74) is 2.47. The summed E-state index contributed by atoms with van der Waals surface area (Å²) in [5, 5.41) is 19.0. The molecule has 5 rings (SSSR count). The molecular weight excluding hydrogens is 492 g/mol. The van der Waals surface area contributed by atoms with E-state index < -0.39 is 23.8 Å². The van der Waals surface area contributed by atoms with Gasteiger partial charge in [0.05, 0.1) is 48.3 Å². The van der Waals surface area contributed by atoms with Gasteiger partial charge in [0.2, 0.25) is 0 Å². The molecule has 3 aromatic rings. The van der Waals surface area contributed by atoms with Gasteiger partial charge in [0, 0.05) is 31.3 Å². The average Bonchev–Trinajstić information content (AvgIpc) is 3.41. The van der Waals surface area contributed by atoms with Crippen LogP contribution in [0, 0.1) is 29.9 Å². The molecule has 2 aliphatic heterocycles. The molecule has 0 spiro atoms. The zero-order chi connectivity index (χ0) is 25.6. The fourth-order valence-electron chi connectivity index (χ4n) is 4.33. The minimum absolute atomic E-state index is 0.00897. The first kappa shape index (κ1) is 23.7. The van der Waals surface area contributed by atoms with Crippen molar-refractivity contribution >= 4 is 23.8 Å². The van der Waals surface area contributed by atoms with Crippen molar-refractivity contribution in [2.75, 3.05) is 13.1 Å². The van der Waals surface area contributed by atoms with Crippen molar-refractivity contribution in [1.82, 2.24) is 24.7 Å². The third kappa shape index (κ3) is 4.24. The lowest BCUT2D eigenvalue weighted by atomic mass is 10.0. The number of hydrogen-bond donors (Lipinski definition) is 0. The molecule has 1 unspecified atom stereocenters. The van der Waals surface area contributed by atoms with Crippen LogP contribution >= 0.6 is 11.6 Å². The third-order valence-electron chi connectivity index (χ3n) is 6.16. The maximum absolute atomic E-state index is 14.4. The molecule has 0 aliphatic carbocycles. The van der Waals surface area contributed by atoms with E-state index in [1.165, 1.54) is 22.0 Å². The Kier molecular flexibility index (Phi) is 6.05. The molecule has 36 heavy (non-hydrogen) atoms. The number of halogens is 3. The van der Waals surface area contributed by atoms with Gasteiger partial charge in [0.25, 0.3) is 0 Å². The van der Waals surface area contributed by atoms with Gasteiger partial charge in [-0.25, -0.2) is 18.6 Å². The maximum atomic E-state index is 14.4. The lowest BCUT2D eigenvalue weighted by Gasteiger charge is -2.41. The Balaban J connectivity index is 1.26. The minimum atomic E-state index is -0.627. The van der Waals surface area contributed by atoms with Gasteiger partial charge in [-0.2, -0.15) is 15.5 Å². The van der Waals surface area contributed by atoms with Crippen LogP contribution in [0.1, 0.15) is 29.2 Å². The van der Waals surface area contributed by atoms with Gasteiger partial charge in [-0.05, 0) is 30.7 Å². The fraction of sp³-hybridized carbons (Fsp3) is 0.292. The van der Waals surface area contributed by atoms with Crippen molar-refractivity contribution in [2.24, 2.45) is 12.1 Å². The SMILES string of the molecule is Cc1c(Cl)nn(C)c1-c1cc(OC2CN(C(=O)N3N=CCC3c3cc(F)cc(C#N)c3)C2)c(F)cn1. The smallest absolute Gasteiger partial charge is 0.341 e. The van der Waals surface area contributed by atoms with Gasteiger partial charge < -0.3 is 9.64 Å². The highest BCUT2D eigenvalue weighted by Crippen LogP contribution is 2.33. The Morgan fingerprint density at radius 3 is 2.72 bits per heavy atom. The van der Waals surface area contributed by atoms with E-state index in [9.17, 15) is 13.6 Å². The van der Waals surface area contributed by atoms with E-state index in [1.807, 2.05) is 6.07 Å². The molecule has 1 aromatic carbocycles. The number of carbonyl (C=O) groups is 1. The number of hydrogen-bond acceptors (Lipinski definition) is 6. The van der Waals surface area contributed by atoms with Crippen LogP contribution in [0.2, 0.25) is 5.15 Å². The van der Waals surface area contributed by atoms with Crippen LogP contribution in [0.15, 0.2) is 35.6 Å². The number of likely N-dealkylation sites (tertiary alicyclic amines) is 1. The average molecular weight is 512 g/mol. The quantitative estimate of drug-likeness (QED) is 0.522. The van der Waals surface area contributed by atoms with Gasteiger partial charge in [0.15, 0.2) is 16.7 Å². The van der Waals surface area contributed by atoms with Crippen LogP contribution in [0.25, 0.3) is 11.4 Å². The highest BCUT2D eigenvalue weighted by molar-refractivity contribution is 6.30. The zero-order valence-electron chi connectivity index (χ0n) is 19.3. The van der Waals surface area contributed by atoms with E-state index in [4.69, 9.17) is 21.6 Å². The molecule has 1 saturated heterocycles. The van der Waals surface area contributed by atoms with Crippen LogP contribution in [0.4, 0.5) is 13.6 Å². The molecule has 0 bridgehead atoms. The van der Waals surface area contributed by atoms with Gasteiger partial charge in [0.1, 0.15) is 11.9 Å². The zero-order valence-corrected chi connectivity index (χ0v) is 20.1. The van der Waals surface area contributed by atoms with Crippen LogP contribution in [-0.2, 0) is 7.05 Å². The Morgan fingerprint density at radius 1 is 1.25 bits per heavy atom. The first-order valence-corrected chi connectivity index (χ1v) is 11.5. The summed E-state index contributed by atoms with van der Waals surface area (Å²) in [6.07, 6.45) is 2.62. The second-order valence-electron chi connectivity index (χ2n) is 8.59. The largest absolute Gasteiger partial charge is 0.483 e. The first-order valence-electron chi connectivity index (χ1n) is 11.1. The molecule has 12 heteroatoms. The number of aryl methyl sites for hydroxylation is 1. The minimum Gasteiger partial charge on any atom is -0.483 e. The highest BCUT2D eigenvalue weighted by Gasteiger charge is 2.39. The van der Waals surface area contributed by atoms with E-state index in [0.717, 1.165) is 12.3 Å². The Labute approximate surface area is 210 Å². The third-order valence-corrected chi connectivity index (χ3v) is 6.52. The number of amides is 2. The number of nitrogens with zero attached hydrogens (tertiary/aromatic N) is 7. The molecule has 0 radical (unpaired) electrons. The lowest BCUT2D eigenvalue weighted by Crippen LogP contribution is -2.58. The summed E-state index contributed by atoms with van der Waals surface area (Å²) in [6.45, 7) is 2.24. The van der Waals surface area contributed by atoms with Gasteiger partial charge in [-0.3, -0.25) is 9.67 Å².